The summed E-state index contributed by atoms with van der Waals surface area (Å²) in [5.41, 5.74) is 7.44. The van der Waals surface area contributed by atoms with E-state index >= 15 is 0 Å². The normalized spacial score (nSPS) is 14.2. The van der Waals surface area contributed by atoms with Crippen LogP contribution in [0.2, 0.25) is 0 Å². The molecule has 2 N–H and O–H groups in total. The molecular weight excluding hydrogens is 447 g/mol. The van der Waals surface area contributed by atoms with Crippen molar-refractivity contribution in [3.63, 3.8) is 0 Å². The van der Waals surface area contributed by atoms with Crippen molar-refractivity contribution in [3.8, 4) is 0 Å². The fourth-order valence-electron chi connectivity index (χ4n) is 4.89. The molecule has 0 aliphatic heterocycles. The molecule has 0 bridgehead atoms. The standard InChI is InChI=1S/C32H51O2P/c1-28(2,3)21-15-17-23(25(19-21)30(7,8)9)27(32(13,14)35(33)34)24-18-16-22(29(4,5)6)20-26(24)31(10,11)12/h15-20,27,33-34H,1-14H3. The van der Waals surface area contributed by atoms with Gasteiger partial charge in [0.2, 0.25) is 0 Å². The van der Waals surface area contributed by atoms with Gasteiger partial charge in [-0.3, -0.25) is 0 Å². The Hall–Kier alpha value is -1.21. The summed E-state index contributed by atoms with van der Waals surface area (Å²) in [4.78, 5) is 21.5. The van der Waals surface area contributed by atoms with Gasteiger partial charge in [0.05, 0.1) is 0 Å². The highest BCUT2D eigenvalue weighted by molar-refractivity contribution is 7.47. The maximum atomic E-state index is 10.7. The zero-order valence-corrected chi connectivity index (χ0v) is 25.8. The van der Waals surface area contributed by atoms with E-state index in [0.717, 1.165) is 0 Å². The van der Waals surface area contributed by atoms with Gasteiger partial charge in [-0.25, -0.2) is 0 Å². The summed E-state index contributed by atoms with van der Waals surface area (Å²) >= 11 is 0. The molecule has 0 saturated heterocycles. The summed E-state index contributed by atoms with van der Waals surface area (Å²) in [5, 5.41) is -0.734. The van der Waals surface area contributed by atoms with Crippen molar-refractivity contribution in [2.75, 3.05) is 0 Å². The lowest BCUT2D eigenvalue weighted by molar-refractivity contribution is 0.413. The summed E-state index contributed by atoms with van der Waals surface area (Å²) in [6, 6.07) is 13.7. The van der Waals surface area contributed by atoms with Crippen LogP contribution in [0, 0.1) is 0 Å². The molecule has 2 rings (SSSR count). The number of hydrogen-bond donors (Lipinski definition) is 2. The van der Waals surface area contributed by atoms with E-state index in [1.165, 1.54) is 33.4 Å². The van der Waals surface area contributed by atoms with E-state index in [1.807, 2.05) is 13.8 Å². The number of rotatable bonds is 4. The molecule has 3 heteroatoms. The highest BCUT2D eigenvalue weighted by Crippen LogP contribution is 2.56. The molecule has 0 aliphatic rings. The molecule has 0 spiro atoms. The number of hydrogen-bond acceptors (Lipinski definition) is 2. The molecule has 0 aromatic heterocycles. The third-order valence-electron chi connectivity index (χ3n) is 7.30. The molecule has 2 aromatic carbocycles. The predicted molar refractivity (Wildman–Crippen MR) is 155 cm³/mol. The maximum absolute atomic E-state index is 10.7. The van der Waals surface area contributed by atoms with Gasteiger partial charge in [0, 0.05) is 11.1 Å². The van der Waals surface area contributed by atoms with E-state index in [0.29, 0.717) is 0 Å². The van der Waals surface area contributed by atoms with Crippen LogP contribution in [-0.2, 0) is 21.7 Å². The first kappa shape index (κ1) is 30.0. The van der Waals surface area contributed by atoms with E-state index in [2.05, 4.69) is 119 Å². The largest absolute Gasteiger partial charge is 0.350 e. The zero-order valence-electron chi connectivity index (χ0n) is 24.9. The molecule has 0 unspecified atom stereocenters. The van der Waals surface area contributed by atoms with Gasteiger partial charge in [0.25, 0.3) is 0 Å². The van der Waals surface area contributed by atoms with Gasteiger partial charge in [-0.05, 0) is 55.0 Å². The van der Waals surface area contributed by atoms with E-state index < -0.39 is 13.5 Å². The molecule has 0 fully saturated rings. The van der Waals surface area contributed by atoms with Crippen LogP contribution in [0.4, 0.5) is 0 Å². The molecule has 0 heterocycles. The van der Waals surface area contributed by atoms with E-state index in [4.69, 9.17) is 0 Å². The van der Waals surface area contributed by atoms with Gasteiger partial charge in [0.1, 0.15) is 0 Å². The smallest absolute Gasteiger partial charge is 0.172 e. The van der Waals surface area contributed by atoms with Crippen LogP contribution in [0.3, 0.4) is 0 Å². The van der Waals surface area contributed by atoms with Crippen LogP contribution < -0.4 is 0 Å². The number of benzene rings is 2. The Morgan fingerprint density at radius 2 is 0.829 bits per heavy atom. The first-order chi connectivity index (χ1) is 15.5. The van der Waals surface area contributed by atoms with Crippen molar-refractivity contribution in [1.82, 2.24) is 0 Å². The summed E-state index contributed by atoms with van der Waals surface area (Å²) < 4.78 is 0. The first-order valence-corrected chi connectivity index (χ1v) is 14.2. The summed E-state index contributed by atoms with van der Waals surface area (Å²) in [6.45, 7) is 31.1. The second kappa shape index (κ2) is 9.59. The van der Waals surface area contributed by atoms with E-state index in [-0.39, 0.29) is 27.6 Å². The lowest BCUT2D eigenvalue weighted by Crippen LogP contribution is -2.33. The highest BCUT2D eigenvalue weighted by atomic mass is 31.2. The van der Waals surface area contributed by atoms with Crippen LogP contribution >= 0.6 is 8.38 Å². The van der Waals surface area contributed by atoms with Gasteiger partial charge < -0.3 is 9.79 Å². The molecule has 0 atom stereocenters. The molecule has 2 aromatic rings. The molecule has 196 valence electrons. The van der Waals surface area contributed by atoms with E-state index in [9.17, 15) is 9.79 Å². The van der Waals surface area contributed by atoms with Crippen LogP contribution in [0.25, 0.3) is 0 Å². The Bertz CT molecular complexity index is 960. The van der Waals surface area contributed by atoms with Crippen molar-refractivity contribution in [1.29, 1.82) is 0 Å². The Morgan fingerprint density at radius 1 is 0.514 bits per heavy atom. The van der Waals surface area contributed by atoms with Crippen molar-refractivity contribution >= 4 is 8.38 Å². The molecule has 2 nitrogen and oxygen atoms in total. The van der Waals surface area contributed by atoms with Crippen molar-refractivity contribution < 1.29 is 9.79 Å². The van der Waals surface area contributed by atoms with Crippen molar-refractivity contribution in [2.24, 2.45) is 0 Å². The fourth-order valence-corrected chi connectivity index (χ4v) is 5.40. The summed E-state index contributed by atoms with van der Waals surface area (Å²) in [5.74, 6) is -0.157. The van der Waals surface area contributed by atoms with Gasteiger partial charge in [-0.1, -0.05) is 133 Å². The van der Waals surface area contributed by atoms with Gasteiger partial charge in [-0.15, -0.1) is 0 Å². The monoisotopic (exact) mass is 498 g/mol. The lowest BCUT2D eigenvalue weighted by atomic mass is 9.68. The zero-order chi connectivity index (χ0) is 27.4. The minimum Gasteiger partial charge on any atom is -0.350 e. The van der Waals surface area contributed by atoms with Crippen molar-refractivity contribution in [2.45, 2.75) is 130 Å². The van der Waals surface area contributed by atoms with Gasteiger partial charge >= 0.3 is 0 Å². The lowest BCUT2D eigenvalue weighted by Gasteiger charge is -2.41. The Morgan fingerprint density at radius 3 is 1.06 bits per heavy atom. The van der Waals surface area contributed by atoms with E-state index in [1.54, 1.807) is 0 Å². The molecular formula is C32H51O2P. The molecule has 0 radical (unpaired) electrons. The second-order valence-electron chi connectivity index (χ2n) is 15.0. The maximum Gasteiger partial charge on any atom is 0.172 e. The quantitative estimate of drug-likeness (QED) is 0.413. The SMILES string of the molecule is CC(C)(C)c1ccc(C(c2ccc(C(C)(C)C)cc2C(C)(C)C)C(C)(C)P(O)O)c(C(C)(C)C)c1. The van der Waals surface area contributed by atoms with Crippen LogP contribution in [0.1, 0.15) is 136 Å². The van der Waals surface area contributed by atoms with Gasteiger partial charge in [-0.2, -0.15) is 0 Å². The van der Waals surface area contributed by atoms with Crippen LogP contribution in [0.5, 0.6) is 0 Å². The Balaban J connectivity index is 3.03. The highest BCUT2D eigenvalue weighted by Gasteiger charge is 2.43. The third kappa shape index (κ3) is 6.57. The average Bonchev–Trinajstić information content (AvgIpc) is 2.65. The topological polar surface area (TPSA) is 40.5 Å². The van der Waals surface area contributed by atoms with Crippen molar-refractivity contribution in [3.05, 3.63) is 69.8 Å². The average molecular weight is 499 g/mol. The Labute approximate surface area is 217 Å². The minimum absolute atomic E-state index is 0.0368. The van der Waals surface area contributed by atoms with Gasteiger partial charge in [0.15, 0.2) is 8.38 Å². The first-order valence-electron chi connectivity index (χ1n) is 13.0. The predicted octanol–water partition coefficient (Wildman–Crippen LogP) is 9.08. The molecule has 35 heavy (non-hydrogen) atoms. The summed E-state index contributed by atoms with van der Waals surface area (Å²) in [6.07, 6.45) is 0. The second-order valence-corrected chi connectivity index (χ2v) is 16.7. The Kier molecular flexibility index (Phi) is 8.22. The molecule has 0 amide bonds. The van der Waals surface area contributed by atoms with Crippen LogP contribution in [-0.4, -0.2) is 14.9 Å². The van der Waals surface area contributed by atoms with Crippen LogP contribution in [0.15, 0.2) is 36.4 Å². The molecule has 0 aliphatic carbocycles. The minimum atomic E-state index is -2.19. The fraction of sp³-hybridized carbons (Fsp3) is 0.625. The third-order valence-corrected chi connectivity index (χ3v) is 8.59. The molecule has 0 saturated carbocycles. The summed E-state index contributed by atoms with van der Waals surface area (Å²) in [7, 11) is -2.19.